The molecule has 1 aromatic heterocycles. The lowest BCUT2D eigenvalue weighted by molar-refractivity contribution is 0.107. The van der Waals surface area contributed by atoms with Gasteiger partial charge in [0.05, 0.1) is 11.4 Å². The van der Waals surface area contributed by atoms with Gasteiger partial charge in [-0.25, -0.2) is 4.68 Å². The van der Waals surface area contributed by atoms with Gasteiger partial charge in [0.1, 0.15) is 11.9 Å². The Bertz CT molecular complexity index is 689. The lowest BCUT2D eigenvalue weighted by Crippen LogP contribution is -2.08. The summed E-state index contributed by atoms with van der Waals surface area (Å²) < 4.78 is 7.84. The topological polar surface area (TPSA) is 39.1 Å². The van der Waals surface area contributed by atoms with Gasteiger partial charge in [0.15, 0.2) is 0 Å². The molecular formula is C16H18ClN3O. The van der Waals surface area contributed by atoms with Gasteiger partial charge >= 0.3 is 0 Å². The number of aromatic nitrogens is 2. The van der Waals surface area contributed by atoms with Crippen molar-refractivity contribution in [2.24, 2.45) is 0 Å². The molecule has 0 amide bonds. The van der Waals surface area contributed by atoms with E-state index in [0.29, 0.717) is 0 Å². The highest BCUT2D eigenvalue weighted by atomic mass is 35.5. The molecule has 4 nitrogen and oxygen atoms in total. The van der Waals surface area contributed by atoms with Crippen molar-refractivity contribution in [3.63, 3.8) is 0 Å². The van der Waals surface area contributed by atoms with Crippen LogP contribution >= 0.6 is 11.6 Å². The van der Waals surface area contributed by atoms with Crippen LogP contribution in [0.15, 0.2) is 18.2 Å². The number of anilines is 1. The zero-order valence-electron chi connectivity index (χ0n) is 12.0. The Morgan fingerprint density at radius 1 is 1.43 bits per heavy atom. The SMILES string of the molecule is Cc1c(Cl)cccc1-n1nc(C2CCCO2)c2c1NCC2. The minimum atomic E-state index is 0.152. The fourth-order valence-electron chi connectivity index (χ4n) is 3.25. The third kappa shape index (κ3) is 2.05. The first-order chi connectivity index (χ1) is 10.3. The van der Waals surface area contributed by atoms with E-state index in [2.05, 4.69) is 11.4 Å². The first-order valence-electron chi connectivity index (χ1n) is 7.48. The van der Waals surface area contributed by atoms with Crippen LogP contribution in [-0.2, 0) is 11.2 Å². The first kappa shape index (κ1) is 13.2. The van der Waals surface area contributed by atoms with Crippen LogP contribution in [0.1, 0.15) is 35.8 Å². The van der Waals surface area contributed by atoms with Crippen molar-refractivity contribution in [1.29, 1.82) is 0 Å². The summed E-state index contributed by atoms with van der Waals surface area (Å²) in [6.45, 7) is 3.84. The lowest BCUT2D eigenvalue weighted by Gasteiger charge is -2.11. The van der Waals surface area contributed by atoms with E-state index in [-0.39, 0.29) is 6.10 Å². The van der Waals surface area contributed by atoms with Crippen LogP contribution in [0.3, 0.4) is 0 Å². The molecule has 2 aromatic rings. The highest BCUT2D eigenvalue weighted by Gasteiger charge is 2.30. The Balaban J connectivity index is 1.86. The molecule has 2 aliphatic heterocycles. The van der Waals surface area contributed by atoms with Crippen LogP contribution in [-0.4, -0.2) is 22.9 Å². The molecule has 0 spiro atoms. The van der Waals surface area contributed by atoms with Crippen molar-refractivity contribution in [2.75, 3.05) is 18.5 Å². The molecule has 5 heteroatoms. The van der Waals surface area contributed by atoms with Crippen LogP contribution in [0.2, 0.25) is 5.02 Å². The van der Waals surface area contributed by atoms with Gasteiger partial charge < -0.3 is 10.1 Å². The molecule has 1 saturated heterocycles. The third-order valence-corrected chi connectivity index (χ3v) is 4.79. The average Bonchev–Trinajstić information content (AvgIpc) is 3.17. The Morgan fingerprint density at radius 2 is 2.33 bits per heavy atom. The molecule has 21 heavy (non-hydrogen) atoms. The van der Waals surface area contributed by atoms with E-state index in [0.717, 1.165) is 60.2 Å². The second-order valence-corrected chi connectivity index (χ2v) is 6.09. The summed E-state index contributed by atoms with van der Waals surface area (Å²) in [4.78, 5) is 0. The molecule has 1 N–H and O–H groups in total. The maximum atomic E-state index is 6.26. The lowest BCUT2D eigenvalue weighted by atomic mass is 10.1. The van der Waals surface area contributed by atoms with E-state index >= 15 is 0 Å². The predicted octanol–water partition coefficient (Wildman–Crippen LogP) is 3.65. The number of halogens is 1. The molecule has 0 aliphatic carbocycles. The van der Waals surface area contributed by atoms with Crippen LogP contribution in [0.4, 0.5) is 5.82 Å². The molecule has 1 aromatic carbocycles. The number of hydrogen-bond acceptors (Lipinski definition) is 3. The van der Waals surface area contributed by atoms with E-state index in [4.69, 9.17) is 21.4 Å². The molecule has 2 aliphatic rings. The van der Waals surface area contributed by atoms with Crippen molar-refractivity contribution >= 4 is 17.4 Å². The van der Waals surface area contributed by atoms with E-state index in [1.807, 2.05) is 23.7 Å². The standard InChI is InChI=1S/C16H18ClN3O/c1-10-12(17)4-2-5-13(10)20-16-11(7-8-18-16)15(19-20)14-6-3-9-21-14/h2,4-5,14,18H,3,6-9H2,1H3. The number of ether oxygens (including phenoxy) is 1. The quantitative estimate of drug-likeness (QED) is 0.920. The largest absolute Gasteiger partial charge is 0.372 e. The summed E-state index contributed by atoms with van der Waals surface area (Å²) in [5, 5.41) is 9.09. The molecule has 3 heterocycles. The van der Waals surface area contributed by atoms with Gasteiger partial charge in [-0.2, -0.15) is 5.10 Å². The van der Waals surface area contributed by atoms with Crippen molar-refractivity contribution in [3.8, 4) is 5.69 Å². The van der Waals surface area contributed by atoms with Gasteiger partial charge in [-0.1, -0.05) is 17.7 Å². The highest BCUT2D eigenvalue weighted by molar-refractivity contribution is 6.31. The molecule has 1 unspecified atom stereocenters. The number of nitrogens with zero attached hydrogens (tertiary/aromatic N) is 2. The van der Waals surface area contributed by atoms with Gasteiger partial charge in [-0.3, -0.25) is 0 Å². The minimum Gasteiger partial charge on any atom is -0.372 e. The monoisotopic (exact) mass is 303 g/mol. The van der Waals surface area contributed by atoms with Crippen LogP contribution in [0.25, 0.3) is 5.69 Å². The van der Waals surface area contributed by atoms with Gasteiger partial charge in [0, 0.05) is 23.7 Å². The van der Waals surface area contributed by atoms with Gasteiger partial charge in [0.25, 0.3) is 0 Å². The maximum Gasteiger partial charge on any atom is 0.133 e. The Kier molecular flexibility index (Phi) is 3.16. The summed E-state index contributed by atoms with van der Waals surface area (Å²) >= 11 is 6.26. The summed E-state index contributed by atoms with van der Waals surface area (Å²) in [6, 6.07) is 5.95. The van der Waals surface area contributed by atoms with E-state index in [1.54, 1.807) is 0 Å². The van der Waals surface area contributed by atoms with Crippen molar-refractivity contribution in [2.45, 2.75) is 32.3 Å². The van der Waals surface area contributed by atoms with Gasteiger partial charge in [-0.05, 0) is 43.9 Å². The summed E-state index contributed by atoms with van der Waals surface area (Å²) in [7, 11) is 0. The van der Waals surface area contributed by atoms with E-state index < -0.39 is 0 Å². The first-order valence-corrected chi connectivity index (χ1v) is 7.86. The minimum absolute atomic E-state index is 0.152. The number of hydrogen-bond donors (Lipinski definition) is 1. The van der Waals surface area contributed by atoms with Crippen LogP contribution < -0.4 is 5.32 Å². The molecule has 110 valence electrons. The van der Waals surface area contributed by atoms with E-state index in [9.17, 15) is 0 Å². The highest BCUT2D eigenvalue weighted by Crippen LogP contribution is 2.37. The summed E-state index contributed by atoms with van der Waals surface area (Å²) in [5.74, 6) is 1.10. The summed E-state index contributed by atoms with van der Waals surface area (Å²) in [6.07, 6.45) is 3.36. The molecular weight excluding hydrogens is 286 g/mol. The Morgan fingerprint density at radius 3 is 3.14 bits per heavy atom. The van der Waals surface area contributed by atoms with Gasteiger partial charge in [-0.15, -0.1) is 0 Å². The number of rotatable bonds is 2. The molecule has 1 fully saturated rings. The zero-order chi connectivity index (χ0) is 14.4. The molecule has 0 radical (unpaired) electrons. The van der Waals surface area contributed by atoms with Crippen LogP contribution in [0, 0.1) is 6.92 Å². The number of benzene rings is 1. The number of fused-ring (bicyclic) bond motifs is 1. The molecule has 0 bridgehead atoms. The summed E-state index contributed by atoms with van der Waals surface area (Å²) in [5.41, 5.74) is 4.50. The third-order valence-electron chi connectivity index (χ3n) is 4.38. The number of nitrogens with one attached hydrogen (secondary N) is 1. The van der Waals surface area contributed by atoms with Gasteiger partial charge in [0.2, 0.25) is 0 Å². The Labute approximate surface area is 129 Å². The van der Waals surface area contributed by atoms with E-state index in [1.165, 1.54) is 5.56 Å². The van der Waals surface area contributed by atoms with Crippen LogP contribution in [0.5, 0.6) is 0 Å². The fourth-order valence-corrected chi connectivity index (χ4v) is 3.42. The molecule has 4 rings (SSSR count). The smallest absolute Gasteiger partial charge is 0.133 e. The van der Waals surface area contributed by atoms with Crippen molar-refractivity contribution in [1.82, 2.24) is 9.78 Å². The normalized spacial score (nSPS) is 20.6. The van der Waals surface area contributed by atoms with Crippen molar-refractivity contribution in [3.05, 3.63) is 40.0 Å². The molecule has 0 saturated carbocycles. The maximum absolute atomic E-state index is 6.26. The van der Waals surface area contributed by atoms with Crippen molar-refractivity contribution < 1.29 is 4.74 Å². The zero-order valence-corrected chi connectivity index (χ0v) is 12.8. The molecule has 1 atom stereocenters. The fraction of sp³-hybridized carbons (Fsp3) is 0.438. The second-order valence-electron chi connectivity index (χ2n) is 5.69. The average molecular weight is 304 g/mol. The Hall–Kier alpha value is -1.52. The second kappa shape index (κ2) is 5.04. The predicted molar refractivity (Wildman–Crippen MR) is 83.4 cm³/mol.